The maximum Gasteiger partial charge on any atom is 0.264 e. The number of likely N-dealkylation sites (N-methyl/N-ethyl adjacent to an activating group) is 1. The summed E-state index contributed by atoms with van der Waals surface area (Å²) in [7, 11) is 3.75. The molecule has 1 aliphatic carbocycles. The van der Waals surface area contributed by atoms with E-state index in [1.807, 2.05) is 7.05 Å². The Bertz CT molecular complexity index is 673. The van der Waals surface area contributed by atoms with E-state index in [1.54, 1.807) is 11.7 Å². The van der Waals surface area contributed by atoms with Crippen molar-refractivity contribution in [2.24, 2.45) is 7.05 Å². The van der Waals surface area contributed by atoms with Gasteiger partial charge in [0.15, 0.2) is 5.65 Å². The van der Waals surface area contributed by atoms with Gasteiger partial charge in [-0.3, -0.25) is 14.0 Å². The molecule has 7 nitrogen and oxygen atoms in total. The second-order valence-corrected chi connectivity index (χ2v) is 5.53. The number of aliphatic hydroxyl groups excluding tert-OH is 1. The van der Waals surface area contributed by atoms with Crippen LogP contribution in [0, 0.1) is 0 Å². The smallest absolute Gasteiger partial charge is 0.264 e. The van der Waals surface area contributed by atoms with Crippen LogP contribution in [0.4, 0.5) is 0 Å². The Morgan fingerprint density at radius 1 is 1.55 bits per heavy atom. The first kappa shape index (κ1) is 13.3. The van der Waals surface area contributed by atoms with Gasteiger partial charge in [-0.1, -0.05) is 0 Å². The number of nitrogens with zero attached hydrogens (tertiary/aromatic N) is 5. The average Bonchev–Trinajstić information content (AvgIpc) is 3.18. The molecule has 108 valence electrons. The Morgan fingerprint density at radius 3 is 3.00 bits per heavy atom. The lowest BCUT2D eigenvalue weighted by molar-refractivity contribution is 0.106. The molecular formula is C13H19N5O2. The van der Waals surface area contributed by atoms with Gasteiger partial charge in [0.25, 0.3) is 5.56 Å². The van der Waals surface area contributed by atoms with Gasteiger partial charge in [0.05, 0.1) is 18.8 Å². The van der Waals surface area contributed by atoms with Crippen LogP contribution in [-0.4, -0.2) is 55.1 Å². The number of aromatic nitrogens is 4. The molecule has 0 bridgehead atoms. The molecule has 1 atom stereocenters. The average molecular weight is 277 g/mol. The van der Waals surface area contributed by atoms with Crippen molar-refractivity contribution in [3.05, 3.63) is 22.9 Å². The third-order valence-electron chi connectivity index (χ3n) is 3.79. The second-order valence-electron chi connectivity index (χ2n) is 5.53. The van der Waals surface area contributed by atoms with Gasteiger partial charge in [-0.15, -0.1) is 0 Å². The van der Waals surface area contributed by atoms with E-state index in [4.69, 9.17) is 0 Å². The van der Waals surface area contributed by atoms with Gasteiger partial charge in [0.2, 0.25) is 0 Å². The quantitative estimate of drug-likeness (QED) is 0.803. The molecule has 1 N–H and O–H groups in total. The van der Waals surface area contributed by atoms with E-state index in [1.165, 1.54) is 29.9 Å². The van der Waals surface area contributed by atoms with Crippen LogP contribution < -0.4 is 5.56 Å². The molecule has 1 saturated carbocycles. The van der Waals surface area contributed by atoms with Crippen LogP contribution in [0.3, 0.4) is 0 Å². The summed E-state index contributed by atoms with van der Waals surface area (Å²) < 4.78 is 3.02. The van der Waals surface area contributed by atoms with Crippen molar-refractivity contribution in [2.45, 2.75) is 31.5 Å². The summed E-state index contributed by atoms with van der Waals surface area (Å²) in [4.78, 5) is 18.6. The fourth-order valence-corrected chi connectivity index (χ4v) is 2.48. The Kier molecular flexibility index (Phi) is 3.31. The Balaban J connectivity index is 1.76. The SMILES string of the molecule is CN(CC(O)Cn1cnc2c(cnn2C)c1=O)C1CC1. The highest BCUT2D eigenvalue weighted by atomic mass is 16.3. The normalized spacial score (nSPS) is 17.0. The predicted molar refractivity (Wildman–Crippen MR) is 74.4 cm³/mol. The second kappa shape index (κ2) is 4.99. The van der Waals surface area contributed by atoms with Crippen molar-refractivity contribution < 1.29 is 5.11 Å². The van der Waals surface area contributed by atoms with Crippen LogP contribution in [0.1, 0.15) is 12.8 Å². The van der Waals surface area contributed by atoms with Crippen molar-refractivity contribution in [2.75, 3.05) is 13.6 Å². The Labute approximate surface area is 116 Å². The highest BCUT2D eigenvalue weighted by Gasteiger charge is 2.27. The maximum absolute atomic E-state index is 12.3. The molecule has 20 heavy (non-hydrogen) atoms. The van der Waals surface area contributed by atoms with Gasteiger partial charge in [-0.25, -0.2) is 4.98 Å². The summed E-state index contributed by atoms with van der Waals surface area (Å²) in [6, 6.07) is 0.598. The molecule has 0 radical (unpaired) electrons. The van der Waals surface area contributed by atoms with Crippen molar-refractivity contribution in [3.8, 4) is 0 Å². The number of aryl methyl sites for hydroxylation is 1. The van der Waals surface area contributed by atoms with Crippen LogP contribution in [-0.2, 0) is 13.6 Å². The highest BCUT2D eigenvalue weighted by molar-refractivity contribution is 5.72. The van der Waals surface area contributed by atoms with E-state index in [9.17, 15) is 9.90 Å². The Morgan fingerprint density at radius 2 is 2.30 bits per heavy atom. The zero-order valence-electron chi connectivity index (χ0n) is 11.7. The molecular weight excluding hydrogens is 258 g/mol. The fraction of sp³-hybridized carbons (Fsp3) is 0.615. The van der Waals surface area contributed by atoms with Crippen LogP contribution in [0.25, 0.3) is 11.0 Å². The standard InChI is InChI=1S/C13H19N5O2/c1-16(9-3-4-9)6-10(19)7-18-8-14-12-11(13(18)20)5-15-17(12)2/h5,8-10,19H,3-4,6-7H2,1-2H3. The zero-order chi connectivity index (χ0) is 14.3. The van der Waals surface area contributed by atoms with Crippen molar-refractivity contribution >= 4 is 11.0 Å². The summed E-state index contributed by atoms with van der Waals surface area (Å²) in [6.45, 7) is 0.829. The lowest BCUT2D eigenvalue weighted by atomic mass is 10.3. The number of hydrogen-bond donors (Lipinski definition) is 1. The summed E-state index contributed by atoms with van der Waals surface area (Å²) >= 11 is 0. The first-order valence-corrected chi connectivity index (χ1v) is 6.81. The fourth-order valence-electron chi connectivity index (χ4n) is 2.48. The summed E-state index contributed by atoms with van der Waals surface area (Å²) in [6.07, 6.45) is 4.82. The molecule has 0 amide bonds. The Hall–Kier alpha value is -1.73. The molecule has 1 aliphatic rings. The lowest BCUT2D eigenvalue weighted by Gasteiger charge is -2.20. The van der Waals surface area contributed by atoms with Gasteiger partial charge in [0.1, 0.15) is 11.7 Å². The van der Waals surface area contributed by atoms with E-state index in [0.717, 1.165) is 0 Å². The molecule has 0 saturated heterocycles. The van der Waals surface area contributed by atoms with Crippen LogP contribution >= 0.6 is 0 Å². The van der Waals surface area contributed by atoms with E-state index >= 15 is 0 Å². The third kappa shape index (κ3) is 2.46. The first-order chi connectivity index (χ1) is 9.56. The highest BCUT2D eigenvalue weighted by Crippen LogP contribution is 2.25. The summed E-state index contributed by atoms with van der Waals surface area (Å²) in [5.41, 5.74) is 0.409. The third-order valence-corrected chi connectivity index (χ3v) is 3.79. The number of rotatable bonds is 5. The molecule has 0 aromatic carbocycles. The molecule has 2 aromatic heterocycles. The van der Waals surface area contributed by atoms with E-state index in [0.29, 0.717) is 23.6 Å². The number of fused-ring (bicyclic) bond motifs is 1. The van der Waals surface area contributed by atoms with Gasteiger partial charge in [-0.2, -0.15) is 5.10 Å². The molecule has 2 aromatic rings. The predicted octanol–water partition coefficient (Wildman–Crippen LogP) is -0.415. The lowest BCUT2D eigenvalue weighted by Crippen LogP contribution is -2.36. The number of hydrogen-bond acceptors (Lipinski definition) is 5. The first-order valence-electron chi connectivity index (χ1n) is 6.81. The minimum atomic E-state index is -0.575. The molecule has 1 unspecified atom stereocenters. The molecule has 2 heterocycles. The molecule has 3 rings (SSSR count). The van der Waals surface area contributed by atoms with Gasteiger partial charge >= 0.3 is 0 Å². The monoisotopic (exact) mass is 277 g/mol. The maximum atomic E-state index is 12.3. The molecule has 7 heteroatoms. The zero-order valence-corrected chi connectivity index (χ0v) is 11.7. The minimum Gasteiger partial charge on any atom is -0.390 e. The van der Waals surface area contributed by atoms with E-state index in [2.05, 4.69) is 15.0 Å². The van der Waals surface area contributed by atoms with E-state index in [-0.39, 0.29) is 12.1 Å². The number of aliphatic hydroxyl groups is 1. The van der Waals surface area contributed by atoms with Crippen molar-refractivity contribution in [1.82, 2.24) is 24.2 Å². The molecule has 0 spiro atoms. The largest absolute Gasteiger partial charge is 0.390 e. The molecule has 1 fully saturated rings. The van der Waals surface area contributed by atoms with Crippen LogP contribution in [0.15, 0.2) is 17.3 Å². The summed E-state index contributed by atoms with van der Waals surface area (Å²) in [5, 5.41) is 14.6. The van der Waals surface area contributed by atoms with Gasteiger partial charge in [0, 0.05) is 19.6 Å². The van der Waals surface area contributed by atoms with Crippen molar-refractivity contribution in [1.29, 1.82) is 0 Å². The molecule has 0 aliphatic heterocycles. The van der Waals surface area contributed by atoms with Crippen molar-refractivity contribution in [3.63, 3.8) is 0 Å². The summed E-state index contributed by atoms with van der Waals surface area (Å²) in [5.74, 6) is 0. The topological polar surface area (TPSA) is 76.2 Å². The van der Waals surface area contributed by atoms with Gasteiger partial charge < -0.3 is 10.0 Å². The van der Waals surface area contributed by atoms with Crippen LogP contribution in [0.5, 0.6) is 0 Å². The van der Waals surface area contributed by atoms with Crippen LogP contribution in [0.2, 0.25) is 0 Å². The van der Waals surface area contributed by atoms with E-state index < -0.39 is 6.10 Å². The van der Waals surface area contributed by atoms with Gasteiger partial charge in [-0.05, 0) is 19.9 Å². The minimum absolute atomic E-state index is 0.156.